The molecule has 2 N–H and O–H groups in total. The van der Waals surface area contributed by atoms with Gasteiger partial charge < -0.3 is 5.73 Å². The molecular weight excluding hydrogens is 201 g/mol. The maximum Gasteiger partial charge on any atom is 0.130 e. The smallest absolute Gasteiger partial charge is 0.130 e. The van der Waals surface area contributed by atoms with E-state index in [9.17, 15) is 4.39 Å². The summed E-state index contributed by atoms with van der Waals surface area (Å²) in [5.74, 6) is 0. The summed E-state index contributed by atoms with van der Waals surface area (Å²) in [4.78, 5) is 0. The van der Waals surface area contributed by atoms with Gasteiger partial charge in [-0.05, 0) is 37.8 Å². The van der Waals surface area contributed by atoms with E-state index in [4.69, 9.17) is 5.73 Å². The van der Waals surface area contributed by atoms with Crippen LogP contribution in [0.4, 0.5) is 4.39 Å². The van der Waals surface area contributed by atoms with Crippen molar-refractivity contribution in [1.29, 1.82) is 0 Å². The van der Waals surface area contributed by atoms with Crippen LogP contribution in [-0.4, -0.2) is 6.54 Å². The fourth-order valence-corrected chi connectivity index (χ4v) is 2.43. The number of hydrogen-bond acceptors (Lipinski definition) is 1. The van der Waals surface area contributed by atoms with Gasteiger partial charge in [0.15, 0.2) is 0 Å². The molecule has 1 aromatic rings. The van der Waals surface area contributed by atoms with Crippen LogP contribution >= 0.6 is 0 Å². The van der Waals surface area contributed by atoms with E-state index < -0.39 is 5.67 Å². The molecule has 1 aliphatic rings. The molecule has 16 heavy (non-hydrogen) atoms. The van der Waals surface area contributed by atoms with E-state index in [0.717, 1.165) is 18.4 Å². The summed E-state index contributed by atoms with van der Waals surface area (Å²) in [7, 11) is 0. The van der Waals surface area contributed by atoms with Crippen molar-refractivity contribution in [1.82, 2.24) is 0 Å². The highest BCUT2D eigenvalue weighted by molar-refractivity contribution is 5.34. The number of alkyl halides is 1. The van der Waals surface area contributed by atoms with Crippen LogP contribution in [0.3, 0.4) is 0 Å². The Balaban J connectivity index is 2.36. The van der Waals surface area contributed by atoms with Crippen molar-refractivity contribution >= 4 is 0 Å². The lowest BCUT2D eigenvalue weighted by Gasteiger charge is -2.42. The van der Waals surface area contributed by atoms with Crippen LogP contribution in [0.1, 0.15) is 44.2 Å². The van der Waals surface area contributed by atoms with Gasteiger partial charge in [-0.3, -0.25) is 0 Å². The minimum atomic E-state index is -1.27. The Labute approximate surface area is 96.9 Å². The van der Waals surface area contributed by atoms with E-state index in [1.807, 2.05) is 18.2 Å². The number of nitrogens with two attached hydrogens (primary N) is 1. The monoisotopic (exact) mass is 221 g/mol. The van der Waals surface area contributed by atoms with Crippen molar-refractivity contribution in [3.8, 4) is 0 Å². The lowest BCUT2D eigenvalue weighted by atomic mass is 9.64. The van der Waals surface area contributed by atoms with E-state index in [0.29, 0.717) is 6.54 Å². The summed E-state index contributed by atoms with van der Waals surface area (Å²) >= 11 is 0. The Kier molecular flexibility index (Phi) is 2.79. The third-order valence-corrected chi connectivity index (χ3v) is 3.86. The maximum absolute atomic E-state index is 13.9. The third kappa shape index (κ3) is 1.86. The normalized spacial score (nSPS) is 19.2. The van der Waals surface area contributed by atoms with Crippen LogP contribution in [-0.2, 0) is 11.1 Å². The Morgan fingerprint density at radius 3 is 2.50 bits per heavy atom. The van der Waals surface area contributed by atoms with E-state index in [1.165, 1.54) is 12.0 Å². The Morgan fingerprint density at radius 1 is 1.38 bits per heavy atom. The van der Waals surface area contributed by atoms with Crippen molar-refractivity contribution < 1.29 is 4.39 Å². The molecule has 0 radical (unpaired) electrons. The highest BCUT2D eigenvalue weighted by Crippen LogP contribution is 2.43. The summed E-state index contributed by atoms with van der Waals surface area (Å²) in [6, 6.07) is 7.88. The first-order valence-electron chi connectivity index (χ1n) is 5.98. The Bertz CT molecular complexity index is 369. The summed E-state index contributed by atoms with van der Waals surface area (Å²) < 4.78 is 13.9. The molecule has 1 saturated carbocycles. The fourth-order valence-electron chi connectivity index (χ4n) is 2.43. The zero-order valence-corrected chi connectivity index (χ0v) is 10.1. The largest absolute Gasteiger partial charge is 0.330 e. The molecule has 1 fully saturated rings. The molecule has 0 aromatic heterocycles. The van der Waals surface area contributed by atoms with Gasteiger partial charge in [0.1, 0.15) is 5.67 Å². The van der Waals surface area contributed by atoms with Crippen LogP contribution in [0.5, 0.6) is 0 Å². The summed E-state index contributed by atoms with van der Waals surface area (Å²) in [5, 5.41) is 0. The van der Waals surface area contributed by atoms with Crippen molar-refractivity contribution in [2.45, 2.75) is 44.2 Å². The van der Waals surface area contributed by atoms with Gasteiger partial charge in [0.2, 0.25) is 0 Å². The van der Waals surface area contributed by atoms with E-state index >= 15 is 0 Å². The second-order valence-electron chi connectivity index (χ2n) is 5.39. The van der Waals surface area contributed by atoms with Crippen LogP contribution < -0.4 is 5.73 Å². The average Bonchev–Trinajstić information content (AvgIpc) is 2.16. The van der Waals surface area contributed by atoms with Gasteiger partial charge in [0, 0.05) is 12.0 Å². The predicted octanol–water partition coefficient (Wildman–Crippen LogP) is 3.27. The standard InChI is InChI=1S/C14H20FN/c1-13(2,15)11-5-3-6-12(9-11)14(10-16)7-4-8-14/h3,5-6,9H,4,7-8,10,16H2,1-2H3. The van der Waals surface area contributed by atoms with Gasteiger partial charge >= 0.3 is 0 Å². The number of benzene rings is 1. The minimum absolute atomic E-state index is 0.126. The van der Waals surface area contributed by atoms with Gasteiger partial charge in [-0.2, -0.15) is 0 Å². The SMILES string of the molecule is CC(C)(F)c1cccc(C2(CN)CCC2)c1. The van der Waals surface area contributed by atoms with Crippen LogP contribution in [0.25, 0.3) is 0 Å². The van der Waals surface area contributed by atoms with Gasteiger partial charge in [-0.1, -0.05) is 30.7 Å². The summed E-state index contributed by atoms with van der Waals surface area (Å²) in [5.41, 5.74) is 6.69. The van der Waals surface area contributed by atoms with Crippen LogP contribution in [0, 0.1) is 0 Å². The van der Waals surface area contributed by atoms with Crippen molar-refractivity contribution in [2.75, 3.05) is 6.54 Å². The zero-order chi connectivity index (χ0) is 11.8. The number of hydrogen-bond donors (Lipinski definition) is 1. The van der Waals surface area contributed by atoms with Crippen molar-refractivity contribution in [3.05, 3.63) is 35.4 Å². The maximum atomic E-state index is 13.9. The molecule has 0 unspecified atom stereocenters. The Morgan fingerprint density at radius 2 is 2.06 bits per heavy atom. The molecule has 0 spiro atoms. The first-order valence-corrected chi connectivity index (χ1v) is 5.98. The van der Waals surface area contributed by atoms with E-state index in [2.05, 4.69) is 6.07 Å². The van der Waals surface area contributed by atoms with Gasteiger partial charge in [0.05, 0.1) is 0 Å². The number of rotatable bonds is 3. The third-order valence-electron chi connectivity index (χ3n) is 3.86. The van der Waals surface area contributed by atoms with Gasteiger partial charge in [-0.15, -0.1) is 0 Å². The lowest BCUT2D eigenvalue weighted by Crippen LogP contribution is -2.41. The molecule has 1 aliphatic carbocycles. The first-order chi connectivity index (χ1) is 7.48. The van der Waals surface area contributed by atoms with Gasteiger partial charge in [-0.25, -0.2) is 4.39 Å². The number of halogens is 1. The molecule has 0 bridgehead atoms. The molecule has 88 valence electrons. The molecule has 0 saturated heterocycles. The van der Waals surface area contributed by atoms with Crippen LogP contribution in [0.2, 0.25) is 0 Å². The predicted molar refractivity (Wildman–Crippen MR) is 65.2 cm³/mol. The molecule has 0 atom stereocenters. The van der Waals surface area contributed by atoms with Crippen LogP contribution in [0.15, 0.2) is 24.3 Å². The topological polar surface area (TPSA) is 26.0 Å². The lowest BCUT2D eigenvalue weighted by molar-refractivity contribution is 0.218. The van der Waals surface area contributed by atoms with E-state index in [1.54, 1.807) is 13.8 Å². The Hall–Kier alpha value is -0.890. The highest BCUT2D eigenvalue weighted by Gasteiger charge is 2.37. The summed E-state index contributed by atoms with van der Waals surface area (Å²) in [6.45, 7) is 3.87. The molecule has 0 heterocycles. The summed E-state index contributed by atoms with van der Waals surface area (Å²) in [6.07, 6.45) is 3.51. The quantitative estimate of drug-likeness (QED) is 0.833. The highest BCUT2D eigenvalue weighted by atomic mass is 19.1. The zero-order valence-electron chi connectivity index (χ0n) is 10.1. The van der Waals surface area contributed by atoms with E-state index in [-0.39, 0.29) is 5.41 Å². The second kappa shape index (κ2) is 3.85. The minimum Gasteiger partial charge on any atom is -0.330 e. The van der Waals surface area contributed by atoms with Gasteiger partial charge in [0.25, 0.3) is 0 Å². The van der Waals surface area contributed by atoms with Crippen molar-refractivity contribution in [2.24, 2.45) is 5.73 Å². The second-order valence-corrected chi connectivity index (χ2v) is 5.39. The molecule has 2 heteroatoms. The molecule has 2 rings (SSSR count). The molecule has 0 amide bonds. The molecular formula is C14H20FN. The van der Waals surface area contributed by atoms with Crippen molar-refractivity contribution in [3.63, 3.8) is 0 Å². The molecule has 1 aromatic carbocycles. The molecule has 1 nitrogen and oxygen atoms in total. The average molecular weight is 221 g/mol. The first kappa shape index (κ1) is 11.6. The molecule has 0 aliphatic heterocycles. The fraction of sp³-hybridized carbons (Fsp3) is 0.571.